The molecule has 0 aromatic heterocycles. The number of rotatable bonds is 5. The summed E-state index contributed by atoms with van der Waals surface area (Å²) in [5, 5.41) is 12.0. The maximum Gasteiger partial charge on any atom is 0.231 e. The Morgan fingerprint density at radius 1 is 1.07 bits per heavy atom. The van der Waals surface area contributed by atoms with Crippen molar-refractivity contribution in [1.29, 1.82) is 0 Å². The van der Waals surface area contributed by atoms with Gasteiger partial charge in [-0.25, -0.2) is 0 Å². The van der Waals surface area contributed by atoms with Crippen LogP contribution in [0.1, 0.15) is 10.4 Å². The second-order valence-corrected chi connectivity index (χ2v) is 6.30. The number of phenolic OH excluding ortho intramolecular Hbond substituents is 1. The number of aromatic hydroxyl groups is 1. The molecule has 3 aromatic carbocycles. The minimum absolute atomic E-state index is 0.0833. The summed E-state index contributed by atoms with van der Waals surface area (Å²) in [5.74, 6) is 1.16. The number of amides is 1. The highest BCUT2D eigenvalue weighted by Gasteiger charge is 2.22. The molecule has 3 aromatic rings. The average Bonchev–Trinajstić information content (AvgIpc) is 3.17. The molecule has 4 rings (SSSR count). The molecule has 0 unspecified atom stereocenters. The average molecular weight is 379 g/mol. The molecule has 1 aliphatic heterocycles. The smallest absolute Gasteiger partial charge is 0.231 e. The Balaban J connectivity index is 2.05. The second kappa shape index (κ2) is 6.77. The van der Waals surface area contributed by atoms with Crippen molar-refractivity contribution in [2.45, 2.75) is 0 Å². The largest absolute Gasteiger partial charge is 0.504 e. The molecule has 0 atom stereocenters. The summed E-state index contributed by atoms with van der Waals surface area (Å²) in [6, 6.07) is 10.6. The third kappa shape index (κ3) is 2.60. The molecule has 0 aliphatic carbocycles. The van der Waals surface area contributed by atoms with E-state index < -0.39 is 0 Å². The molecule has 7 heteroatoms. The number of aldehydes is 1. The SMILES string of the molecule is COc1ccc(-c2ccc3cc4c(cc3c2N(C)C=O)OCO4)c(C=O)c1O. The van der Waals surface area contributed by atoms with Gasteiger partial charge in [-0.3, -0.25) is 9.59 Å². The summed E-state index contributed by atoms with van der Waals surface area (Å²) < 4.78 is 16.0. The first-order valence-corrected chi connectivity index (χ1v) is 8.49. The first kappa shape index (κ1) is 17.7. The van der Waals surface area contributed by atoms with Gasteiger partial charge >= 0.3 is 0 Å². The fourth-order valence-corrected chi connectivity index (χ4v) is 3.45. The maximum absolute atomic E-state index is 11.7. The molecule has 0 radical (unpaired) electrons. The molecule has 1 amide bonds. The van der Waals surface area contributed by atoms with E-state index in [2.05, 4.69) is 0 Å². The Morgan fingerprint density at radius 2 is 1.79 bits per heavy atom. The van der Waals surface area contributed by atoms with Crippen molar-refractivity contribution in [3.05, 3.63) is 42.0 Å². The van der Waals surface area contributed by atoms with Crippen LogP contribution in [0.4, 0.5) is 5.69 Å². The number of carbonyl (C=O) groups is 2. The Kier molecular flexibility index (Phi) is 4.27. The summed E-state index contributed by atoms with van der Waals surface area (Å²) in [4.78, 5) is 24.8. The summed E-state index contributed by atoms with van der Waals surface area (Å²) in [5.41, 5.74) is 1.76. The van der Waals surface area contributed by atoms with Crippen LogP contribution in [0, 0.1) is 0 Å². The van der Waals surface area contributed by atoms with Crippen molar-refractivity contribution in [2.24, 2.45) is 0 Å². The van der Waals surface area contributed by atoms with Crippen LogP contribution in [0.25, 0.3) is 21.9 Å². The zero-order valence-electron chi connectivity index (χ0n) is 15.3. The predicted molar refractivity (Wildman–Crippen MR) is 104 cm³/mol. The number of phenols is 1. The summed E-state index contributed by atoms with van der Waals surface area (Å²) in [6.07, 6.45) is 1.26. The summed E-state index contributed by atoms with van der Waals surface area (Å²) in [6.45, 7) is 0.138. The molecule has 7 nitrogen and oxygen atoms in total. The summed E-state index contributed by atoms with van der Waals surface area (Å²) >= 11 is 0. The van der Waals surface area contributed by atoms with E-state index in [1.807, 2.05) is 12.1 Å². The first-order valence-electron chi connectivity index (χ1n) is 8.49. The topological polar surface area (TPSA) is 85.3 Å². The third-order valence-corrected chi connectivity index (χ3v) is 4.80. The molecule has 0 saturated heterocycles. The Labute approximate surface area is 160 Å². The van der Waals surface area contributed by atoms with Crippen LogP contribution in [0.3, 0.4) is 0 Å². The van der Waals surface area contributed by atoms with Gasteiger partial charge in [-0.05, 0) is 35.2 Å². The van der Waals surface area contributed by atoms with Crippen molar-refractivity contribution >= 4 is 29.2 Å². The lowest BCUT2D eigenvalue weighted by Crippen LogP contribution is -2.15. The van der Waals surface area contributed by atoms with Crippen LogP contribution < -0.4 is 19.1 Å². The lowest BCUT2D eigenvalue weighted by atomic mass is 9.93. The molecule has 142 valence electrons. The Morgan fingerprint density at radius 3 is 2.46 bits per heavy atom. The number of ether oxygens (including phenoxy) is 3. The van der Waals surface area contributed by atoms with Crippen molar-refractivity contribution < 1.29 is 28.9 Å². The van der Waals surface area contributed by atoms with Gasteiger partial charge in [-0.2, -0.15) is 0 Å². The highest BCUT2D eigenvalue weighted by molar-refractivity contribution is 6.08. The van der Waals surface area contributed by atoms with Gasteiger partial charge in [-0.15, -0.1) is 0 Å². The minimum Gasteiger partial charge on any atom is -0.504 e. The standard InChI is InChI=1S/C21H17NO6/c1-22(10-24)20-14(13-5-6-17(26-2)21(25)16(13)9-23)4-3-12-7-18-19(8-15(12)20)28-11-27-18/h3-10,25H,11H2,1-2H3. The first-order chi connectivity index (χ1) is 13.6. The van der Waals surface area contributed by atoms with Crippen molar-refractivity contribution in [3.63, 3.8) is 0 Å². The number of hydrogen-bond acceptors (Lipinski definition) is 6. The molecule has 0 fully saturated rings. The maximum atomic E-state index is 11.7. The van der Waals surface area contributed by atoms with Gasteiger partial charge in [0.15, 0.2) is 29.3 Å². The van der Waals surface area contributed by atoms with E-state index in [1.165, 1.54) is 12.0 Å². The molecule has 1 heterocycles. The molecule has 0 saturated carbocycles. The molecule has 1 aliphatic rings. The quantitative estimate of drug-likeness (QED) is 0.685. The number of hydrogen-bond donors (Lipinski definition) is 1. The van der Waals surface area contributed by atoms with E-state index in [-0.39, 0.29) is 23.9 Å². The number of anilines is 1. The summed E-state index contributed by atoms with van der Waals surface area (Å²) in [7, 11) is 3.04. The molecular formula is C21H17NO6. The molecule has 0 spiro atoms. The zero-order valence-corrected chi connectivity index (χ0v) is 15.3. The van der Waals surface area contributed by atoms with Crippen molar-refractivity contribution in [2.75, 3.05) is 25.9 Å². The molecule has 0 bridgehead atoms. The minimum atomic E-state index is -0.250. The van der Waals surface area contributed by atoms with E-state index in [4.69, 9.17) is 14.2 Å². The zero-order chi connectivity index (χ0) is 19.8. The van der Waals surface area contributed by atoms with Gasteiger partial charge in [0.05, 0.1) is 18.4 Å². The Hall–Kier alpha value is -3.74. The van der Waals surface area contributed by atoms with E-state index in [0.717, 1.165) is 10.8 Å². The van der Waals surface area contributed by atoms with Crippen LogP contribution in [-0.2, 0) is 4.79 Å². The highest BCUT2D eigenvalue weighted by atomic mass is 16.7. The number of benzene rings is 3. The van der Waals surface area contributed by atoms with Gasteiger partial charge in [0.2, 0.25) is 13.2 Å². The van der Waals surface area contributed by atoms with E-state index in [0.29, 0.717) is 41.0 Å². The number of fused-ring (bicyclic) bond motifs is 2. The van der Waals surface area contributed by atoms with Gasteiger partial charge in [0.1, 0.15) is 0 Å². The number of methoxy groups -OCH3 is 1. The Bertz CT molecular complexity index is 1110. The highest BCUT2D eigenvalue weighted by Crippen LogP contribution is 2.45. The van der Waals surface area contributed by atoms with E-state index >= 15 is 0 Å². The lowest BCUT2D eigenvalue weighted by Gasteiger charge is -2.21. The number of carbonyl (C=O) groups excluding carboxylic acids is 2. The van der Waals surface area contributed by atoms with Gasteiger partial charge in [0.25, 0.3) is 0 Å². The fourth-order valence-electron chi connectivity index (χ4n) is 3.45. The second-order valence-electron chi connectivity index (χ2n) is 6.30. The lowest BCUT2D eigenvalue weighted by molar-refractivity contribution is -0.107. The van der Waals surface area contributed by atoms with Crippen LogP contribution in [0.2, 0.25) is 0 Å². The molecule has 1 N–H and O–H groups in total. The van der Waals surface area contributed by atoms with Crippen molar-refractivity contribution in [3.8, 4) is 34.1 Å². The van der Waals surface area contributed by atoms with E-state index in [9.17, 15) is 14.7 Å². The monoisotopic (exact) mass is 379 g/mol. The third-order valence-electron chi connectivity index (χ3n) is 4.80. The van der Waals surface area contributed by atoms with Crippen LogP contribution in [-0.4, -0.2) is 38.8 Å². The van der Waals surface area contributed by atoms with Gasteiger partial charge < -0.3 is 24.2 Å². The molecular weight excluding hydrogens is 362 g/mol. The van der Waals surface area contributed by atoms with Crippen LogP contribution >= 0.6 is 0 Å². The normalized spacial score (nSPS) is 12.1. The van der Waals surface area contributed by atoms with Gasteiger partial charge in [-0.1, -0.05) is 12.1 Å². The van der Waals surface area contributed by atoms with Gasteiger partial charge in [0, 0.05) is 18.0 Å². The fraction of sp³-hybridized carbons (Fsp3) is 0.143. The van der Waals surface area contributed by atoms with Crippen molar-refractivity contribution in [1.82, 2.24) is 0 Å². The predicted octanol–water partition coefficient (Wildman–Crippen LogP) is 3.35. The molecule has 28 heavy (non-hydrogen) atoms. The van der Waals surface area contributed by atoms with Crippen LogP contribution in [0.5, 0.6) is 23.0 Å². The van der Waals surface area contributed by atoms with Crippen LogP contribution in [0.15, 0.2) is 36.4 Å². The number of nitrogens with zero attached hydrogens (tertiary/aromatic N) is 1. The van der Waals surface area contributed by atoms with E-state index in [1.54, 1.807) is 31.3 Å².